The zero-order chi connectivity index (χ0) is 18.2. The third kappa shape index (κ3) is 5.63. The van der Waals surface area contributed by atoms with Gasteiger partial charge in [0.15, 0.2) is 0 Å². The zero-order valence-corrected chi connectivity index (χ0v) is 16.1. The van der Waals surface area contributed by atoms with Crippen molar-refractivity contribution < 1.29 is 9.53 Å². The highest BCUT2D eigenvalue weighted by Gasteiger charge is 2.26. The van der Waals surface area contributed by atoms with Crippen molar-refractivity contribution in [2.45, 2.75) is 46.7 Å². The maximum Gasteiger partial charge on any atom is 0.220 e. The standard InChI is InChI=1S/C20H33N3O2/c1-5-20(24)21-19(15-16(3)4)23-13-11-22(12-14-23)17-9-7-8-10-18(17)25-6-2/h7-10,16,19H,5-6,11-15H2,1-4H3,(H,21,24). The van der Waals surface area contributed by atoms with Crippen LogP contribution in [0.25, 0.3) is 0 Å². The first-order valence-corrected chi connectivity index (χ1v) is 9.55. The second-order valence-corrected chi connectivity index (χ2v) is 6.99. The third-order valence-electron chi connectivity index (χ3n) is 4.60. The van der Waals surface area contributed by atoms with Crippen molar-refractivity contribution in [3.63, 3.8) is 0 Å². The number of carbonyl (C=O) groups is 1. The molecule has 0 aliphatic carbocycles. The van der Waals surface area contributed by atoms with Crippen LogP contribution in [-0.4, -0.2) is 49.8 Å². The van der Waals surface area contributed by atoms with Crippen molar-refractivity contribution in [2.24, 2.45) is 5.92 Å². The average molecular weight is 348 g/mol. The summed E-state index contributed by atoms with van der Waals surface area (Å²) in [6.45, 7) is 12.8. The highest BCUT2D eigenvalue weighted by Crippen LogP contribution is 2.29. The topological polar surface area (TPSA) is 44.8 Å². The molecule has 0 spiro atoms. The third-order valence-corrected chi connectivity index (χ3v) is 4.60. The minimum absolute atomic E-state index is 0.134. The Bertz CT molecular complexity index is 539. The predicted octanol–water partition coefficient (Wildman–Crippen LogP) is 3.11. The average Bonchev–Trinajstić information content (AvgIpc) is 2.61. The second-order valence-electron chi connectivity index (χ2n) is 6.99. The number of nitrogens with one attached hydrogen (secondary N) is 1. The number of anilines is 1. The van der Waals surface area contributed by atoms with Gasteiger partial charge < -0.3 is 15.0 Å². The van der Waals surface area contributed by atoms with Crippen LogP contribution in [-0.2, 0) is 4.79 Å². The van der Waals surface area contributed by atoms with Gasteiger partial charge in [-0.05, 0) is 31.4 Å². The minimum Gasteiger partial charge on any atom is -0.492 e. The highest BCUT2D eigenvalue weighted by molar-refractivity contribution is 5.75. The zero-order valence-electron chi connectivity index (χ0n) is 16.1. The summed E-state index contributed by atoms with van der Waals surface area (Å²) in [4.78, 5) is 16.7. The van der Waals surface area contributed by atoms with Crippen LogP contribution in [0.3, 0.4) is 0 Å². The lowest BCUT2D eigenvalue weighted by atomic mass is 10.1. The first-order valence-electron chi connectivity index (χ1n) is 9.55. The number of para-hydroxylation sites is 2. The number of nitrogens with zero attached hydrogens (tertiary/aromatic N) is 2. The van der Waals surface area contributed by atoms with Crippen molar-refractivity contribution in [1.82, 2.24) is 10.2 Å². The van der Waals surface area contributed by atoms with E-state index in [1.165, 1.54) is 5.69 Å². The number of benzene rings is 1. The van der Waals surface area contributed by atoms with Gasteiger partial charge in [0.2, 0.25) is 5.91 Å². The monoisotopic (exact) mass is 347 g/mol. The Morgan fingerprint density at radius 2 is 1.84 bits per heavy atom. The number of hydrogen-bond acceptors (Lipinski definition) is 4. The van der Waals surface area contributed by atoms with Crippen LogP contribution >= 0.6 is 0 Å². The quantitative estimate of drug-likeness (QED) is 0.785. The summed E-state index contributed by atoms with van der Waals surface area (Å²) in [6, 6.07) is 8.25. The van der Waals surface area contributed by atoms with Crippen molar-refractivity contribution in [3.8, 4) is 5.75 Å². The smallest absolute Gasteiger partial charge is 0.220 e. The minimum atomic E-state index is 0.134. The number of rotatable bonds is 8. The van der Waals surface area contributed by atoms with Gasteiger partial charge in [-0.15, -0.1) is 0 Å². The van der Waals surface area contributed by atoms with E-state index in [9.17, 15) is 4.79 Å². The van der Waals surface area contributed by atoms with Gasteiger partial charge >= 0.3 is 0 Å². The molecule has 2 rings (SSSR count). The Kier molecular flexibility index (Phi) is 7.56. The molecule has 1 aliphatic rings. The van der Waals surface area contributed by atoms with Crippen LogP contribution in [0.2, 0.25) is 0 Å². The Labute approximate surface area is 152 Å². The Hall–Kier alpha value is -1.75. The maximum atomic E-state index is 11.9. The number of piperazine rings is 1. The summed E-state index contributed by atoms with van der Waals surface area (Å²) in [5.74, 6) is 1.64. The molecule has 5 heteroatoms. The summed E-state index contributed by atoms with van der Waals surface area (Å²) in [5.41, 5.74) is 1.17. The first kappa shape index (κ1) is 19.6. The lowest BCUT2D eigenvalue weighted by Gasteiger charge is -2.41. The molecule has 1 aromatic carbocycles. The van der Waals surface area contributed by atoms with Crippen LogP contribution in [0.1, 0.15) is 40.5 Å². The molecule has 0 aromatic heterocycles. The van der Waals surface area contributed by atoms with Crippen molar-refractivity contribution >= 4 is 11.6 Å². The molecule has 0 saturated carbocycles. The van der Waals surface area contributed by atoms with E-state index in [2.05, 4.69) is 41.1 Å². The molecule has 0 bridgehead atoms. The highest BCUT2D eigenvalue weighted by atomic mass is 16.5. The predicted molar refractivity (Wildman–Crippen MR) is 103 cm³/mol. The Morgan fingerprint density at radius 3 is 2.44 bits per heavy atom. The number of ether oxygens (including phenoxy) is 1. The lowest BCUT2D eigenvalue weighted by Crippen LogP contribution is -2.56. The van der Waals surface area contributed by atoms with E-state index in [1.54, 1.807) is 0 Å². The maximum absolute atomic E-state index is 11.9. The molecule has 1 N–H and O–H groups in total. The van der Waals surface area contributed by atoms with E-state index in [4.69, 9.17) is 4.74 Å². The van der Waals surface area contributed by atoms with Crippen LogP contribution in [0, 0.1) is 5.92 Å². The van der Waals surface area contributed by atoms with Gasteiger partial charge in [-0.2, -0.15) is 0 Å². The normalized spacial score (nSPS) is 16.8. The number of hydrogen-bond donors (Lipinski definition) is 1. The molecule has 1 saturated heterocycles. The van der Waals surface area contributed by atoms with Gasteiger partial charge in [-0.25, -0.2) is 0 Å². The molecule has 1 heterocycles. The second kappa shape index (κ2) is 9.66. The van der Waals surface area contributed by atoms with Gasteiger partial charge in [-0.3, -0.25) is 9.69 Å². The molecule has 1 amide bonds. The Balaban J connectivity index is 2.00. The van der Waals surface area contributed by atoms with Crippen LogP contribution < -0.4 is 15.0 Å². The fourth-order valence-corrected chi connectivity index (χ4v) is 3.30. The van der Waals surface area contributed by atoms with Crippen molar-refractivity contribution in [3.05, 3.63) is 24.3 Å². The molecular formula is C20H33N3O2. The number of amides is 1. The summed E-state index contributed by atoms with van der Waals surface area (Å²) >= 11 is 0. The molecule has 1 fully saturated rings. The SMILES string of the molecule is CCOc1ccccc1N1CCN(C(CC(C)C)NC(=O)CC)CC1. The van der Waals surface area contributed by atoms with Crippen molar-refractivity contribution in [1.29, 1.82) is 0 Å². The molecule has 140 valence electrons. The van der Waals surface area contributed by atoms with Crippen LogP contribution in [0.4, 0.5) is 5.69 Å². The molecule has 25 heavy (non-hydrogen) atoms. The fraction of sp³-hybridized carbons (Fsp3) is 0.650. The summed E-state index contributed by atoms with van der Waals surface area (Å²) in [7, 11) is 0. The molecule has 1 unspecified atom stereocenters. The summed E-state index contributed by atoms with van der Waals surface area (Å²) < 4.78 is 5.77. The molecule has 1 atom stereocenters. The van der Waals surface area contributed by atoms with Gasteiger partial charge in [0.1, 0.15) is 5.75 Å². The van der Waals surface area contributed by atoms with E-state index in [0.29, 0.717) is 18.9 Å². The molecular weight excluding hydrogens is 314 g/mol. The lowest BCUT2D eigenvalue weighted by molar-refractivity contribution is -0.123. The van der Waals surface area contributed by atoms with Gasteiger partial charge in [0.05, 0.1) is 18.5 Å². The molecule has 5 nitrogen and oxygen atoms in total. The van der Waals surface area contributed by atoms with Gasteiger partial charge in [0.25, 0.3) is 0 Å². The van der Waals surface area contributed by atoms with Crippen LogP contribution in [0.5, 0.6) is 5.75 Å². The fourth-order valence-electron chi connectivity index (χ4n) is 3.30. The van der Waals surface area contributed by atoms with E-state index in [0.717, 1.165) is 38.3 Å². The summed E-state index contributed by atoms with van der Waals surface area (Å²) in [6.07, 6.45) is 1.66. The largest absolute Gasteiger partial charge is 0.492 e. The molecule has 0 radical (unpaired) electrons. The van der Waals surface area contributed by atoms with Crippen LogP contribution in [0.15, 0.2) is 24.3 Å². The molecule has 1 aliphatic heterocycles. The van der Waals surface area contributed by atoms with Gasteiger partial charge in [0, 0.05) is 32.6 Å². The summed E-state index contributed by atoms with van der Waals surface area (Å²) in [5, 5.41) is 3.20. The number of carbonyl (C=O) groups excluding carboxylic acids is 1. The van der Waals surface area contributed by atoms with E-state index in [1.807, 2.05) is 26.0 Å². The van der Waals surface area contributed by atoms with E-state index in [-0.39, 0.29) is 12.1 Å². The van der Waals surface area contributed by atoms with E-state index < -0.39 is 0 Å². The Morgan fingerprint density at radius 1 is 1.16 bits per heavy atom. The van der Waals surface area contributed by atoms with E-state index >= 15 is 0 Å². The molecule has 1 aromatic rings. The van der Waals surface area contributed by atoms with Gasteiger partial charge in [-0.1, -0.05) is 32.9 Å². The van der Waals surface area contributed by atoms with Crippen molar-refractivity contribution in [2.75, 3.05) is 37.7 Å². The first-order chi connectivity index (χ1) is 12.0.